The van der Waals surface area contributed by atoms with Crippen LogP contribution in [0.3, 0.4) is 0 Å². The van der Waals surface area contributed by atoms with Crippen LogP contribution in [0.15, 0.2) is 0 Å². The second-order valence-corrected chi connectivity index (χ2v) is 5.92. The zero-order valence-electron chi connectivity index (χ0n) is 12.8. The standard InChI is InChI=1S/C14H30N2O2/c1-7-11(3)9-15-10-12(8-2)16-13(17)18-14(4,5)6/h11-12,15H,7-10H2,1-6H3,(H,16,17). The van der Waals surface area contributed by atoms with Gasteiger partial charge in [-0.05, 0) is 39.7 Å². The van der Waals surface area contributed by atoms with E-state index in [1.54, 1.807) is 0 Å². The van der Waals surface area contributed by atoms with E-state index in [-0.39, 0.29) is 12.1 Å². The average molecular weight is 258 g/mol. The molecule has 18 heavy (non-hydrogen) atoms. The van der Waals surface area contributed by atoms with Crippen molar-refractivity contribution in [1.82, 2.24) is 10.6 Å². The molecule has 4 nitrogen and oxygen atoms in total. The number of carbonyl (C=O) groups is 1. The van der Waals surface area contributed by atoms with E-state index >= 15 is 0 Å². The van der Waals surface area contributed by atoms with Crippen molar-refractivity contribution in [3.8, 4) is 0 Å². The maximum atomic E-state index is 11.6. The van der Waals surface area contributed by atoms with Crippen LogP contribution in [0.1, 0.15) is 54.4 Å². The molecule has 0 aliphatic rings. The molecule has 0 aromatic carbocycles. The van der Waals surface area contributed by atoms with Gasteiger partial charge in [-0.25, -0.2) is 4.79 Å². The smallest absolute Gasteiger partial charge is 0.407 e. The van der Waals surface area contributed by atoms with Crippen LogP contribution in [0.4, 0.5) is 4.79 Å². The zero-order valence-corrected chi connectivity index (χ0v) is 12.8. The Hall–Kier alpha value is -0.770. The third kappa shape index (κ3) is 9.28. The Kier molecular flexibility index (Phi) is 8.00. The maximum absolute atomic E-state index is 11.6. The lowest BCUT2D eigenvalue weighted by Gasteiger charge is -2.23. The highest BCUT2D eigenvalue weighted by Crippen LogP contribution is 2.07. The summed E-state index contributed by atoms with van der Waals surface area (Å²) in [6.45, 7) is 13.9. The van der Waals surface area contributed by atoms with Gasteiger partial charge in [-0.3, -0.25) is 0 Å². The maximum Gasteiger partial charge on any atom is 0.407 e. The van der Waals surface area contributed by atoms with E-state index in [1.165, 1.54) is 6.42 Å². The number of hydrogen-bond donors (Lipinski definition) is 2. The Morgan fingerprint density at radius 3 is 2.22 bits per heavy atom. The monoisotopic (exact) mass is 258 g/mol. The van der Waals surface area contributed by atoms with Crippen molar-refractivity contribution >= 4 is 6.09 Å². The van der Waals surface area contributed by atoms with Crippen LogP contribution in [0, 0.1) is 5.92 Å². The molecular formula is C14H30N2O2. The summed E-state index contributed by atoms with van der Waals surface area (Å²) >= 11 is 0. The Bertz CT molecular complexity index is 236. The Balaban J connectivity index is 3.93. The van der Waals surface area contributed by atoms with E-state index in [0.717, 1.165) is 19.5 Å². The van der Waals surface area contributed by atoms with Gasteiger partial charge in [0.2, 0.25) is 0 Å². The Labute approximate surface area is 112 Å². The first-order valence-corrected chi connectivity index (χ1v) is 6.98. The molecular weight excluding hydrogens is 228 g/mol. The molecule has 0 spiro atoms. The molecule has 2 atom stereocenters. The number of hydrogen-bond acceptors (Lipinski definition) is 3. The molecule has 0 heterocycles. The van der Waals surface area contributed by atoms with Gasteiger partial charge < -0.3 is 15.4 Å². The van der Waals surface area contributed by atoms with E-state index < -0.39 is 5.60 Å². The molecule has 4 heteroatoms. The molecule has 1 amide bonds. The highest BCUT2D eigenvalue weighted by Gasteiger charge is 2.18. The molecule has 0 fully saturated rings. The largest absolute Gasteiger partial charge is 0.444 e. The van der Waals surface area contributed by atoms with Crippen molar-refractivity contribution in [2.45, 2.75) is 66.0 Å². The van der Waals surface area contributed by atoms with E-state index in [2.05, 4.69) is 31.4 Å². The van der Waals surface area contributed by atoms with Crippen molar-refractivity contribution in [2.75, 3.05) is 13.1 Å². The summed E-state index contributed by atoms with van der Waals surface area (Å²) in [6.07, 6.45) is 1.73. The number of carbonyl (C=O) groups excluding carboxylic acids is 1. The molecule has 2 unspecified atom stereocenters. The predicted octanol–water partition coefficient (Wildman–Crippen LogP) is 2.93. The topological polar surface area (TPSA) is 50.4 Å². The van der Waals surface area contributed by atoms with E-state index in [1.807, 2.05) is 20.8 Å². The first kappa shape index (κ1) is 17.2. The normalized spacial score (nSPS) is 15.0. The third-order valence-electron chi connectivity index (χ3n) is 2.79. The molecule has 0 radical (unpaired) electrons. The predicted molar refractivity (Wildman–Crippen MR) is 75.8 cm³/mol. The molecule has 108 valence electrons. The highest BCUT2D eigenvalue weighted by atomic mass is 16.6. The molecule has 0 aliphatic heterocycles. The van der Waals surface area contributed by atoms with Gasteiger partial charge >= 0.3 is 6.09 Å². The van der Waals surface area contributed by atoms with Crippen LogP contribution in [0.2, 0.25) is 0 Å². The van der Waals surface area contributed by atoms with Crippen LogP contribution in [0.25, 0.3) is 0 Å². The Morgan fingerprint density at radius 2 is 1.78 bits per heavy atom. The fourth-order valence-corrected chi connectivity index (χ4v) is 1.42. The number of alkyl carbamates (subject to hydrolysis) is 1. The second kappa shape index (κ2) is 8.35. The number of rotatable bonds is 7. The van der Waals surface area contributed by atoms with Gasteiger partial charge in [0.15, 0.2) is 0 Å². The van der Waals surface area contributed by atoms with Crippen molar-refractivity contribution < 1.29 is 9.53 Å². The van der Waals surface area contributed by atoms with Crippen molar-refractivity contribution in [2.24, 2.45) is 5.92 Å². The highest BCUT2D eigenvalue weighted by molar-refractivity contribution is 5.68. The fraction of sp³-hybridized carbons (Fsp3) is 0.929. The number of amides is 1. The van der Waals surface area contributed by atoms with Gasteiger partial charge in [-0.15, -0.1) is 0 Å². The molecule has 0 aromatic rings. The minimum absolute atomic E-state index is 0.129. The van der Waals surface area contributed by atoms with Gasteiger partial charge in [-0.1, -0.05) is 27.2 Å². The molecule has 0 saturated carbocycles. The number of ether oxygens (including phenoxy) is 1. The lowest BCUT2D eigenvalue weighted by Crippen LogP contribution is -2.44. The van der Waals surface area contributed by atoms with Gasteiger partial charge in [-0.2, -0.15) is 0 Å². The minimum Gasteiger partial charge on any atom is -0.444 e. The molecule has 0 saturated heterocycles. The van der Waals surface area contributed by atoms with E-state index in [0.29, 0.717) is 5.92 Å². The second-order valence-electron chi connectivity index (χ2n) is 5.92. The van der Waals surface area contributed by atoms with Gasteiger partial charge in [0, 0.05) is 12.6 Å². The van der Waals surface area contributed by atoms with Crippen LogP contribution in [-0.2, 0) is 4.74 Å². The third-order valence-corrected chi connectivity index (χ3v) is 2.79. The summed E-state index contributed by atoms with van der Waals surface area (Å²) in [5.74, 6) is 0.670. The van der Waals surface area contributed by atoms with Gasteiger partial charge in [0.05, 0.1) is 0 Å². The zero-order chi connectivity index (χ0) is 14.2. The summed E-state index contributed by atoms with van der Waals surface area (Å²) in [4.78, 5) is 11.6. The molecule has 0 aliphatic carbocycles. The molecule has 2 N–H and O–H groups in total. The summed E-state index contributed by atoms with van der Waals surface area (Å²) in [5.41, 5.74) is -0.438. The van der Waals surface area contributed by atoms with Crippen LogP contribution in [-0.4, -0.2) is 30.8 Å². The lowest BCUT2D eigenvalue weighted by atomic mass is 10.1. The molecule has 0 rings (SSSR count). The first-order chi connectivity index (χ1) is 8.28. The number of nitrogens with one attached hydrogen (secondary N) is 2. The van der Waals surface area contributed by atoms with Crippen LogP contribution >= 0.6 is 0 Å². The summed E-state index contributed by atoms with van der Waals surface area (Å²) in [7, 11) is 0. The van der Waals surface area contributed by atoms with Gasteiger partial charge in [0.1, 0.15) is 5.60 Å². The fourth-order valence-electron chi connectivity index (χ4n) is 1.42. The summed E-state index contributed by atoms with van der Waals surface area (Å²) in [6, 6.07) is 0.129. The van der Waals surface area contributed by atoms with E-state index in [9.17, 15) is 4.79 Å². The summed E-state index contributed by atoms with van der Waals surface area (Å²) in [5, 5.41) is 6.28. The van der Waals surface area contributed by atoms with Gasteiger partial charge in [0.25, 0.3) is 0 Å². The Morgan fingerprint density at radius 1 is 1.17 bits per heavy atom. The van der Waals surface area contributed by atoms with Crippen molar-refractivity contribution in [3.05, 3.63) is 0 Å². The van der Waals surface area contributed by atoms with Crippen LogP contribution in [0.5, 0.6) is 0 Å². The minimum atomic E-state index is -0.438. The van der Waals surface area contributed by atoms with Crippen LogP contribution < -0.4 is 10.6 Å². The quantitative estimate of drug-likeness (QED) is 0.738. The average Bonchev–Trinajstić information content (AvgIpc) is 2.24. The SMILES string of the molecule is CCC(C)CNCC(CC)NC(=O)OC(C)(C)C. The van der Waals surface area contributed by atoms with Crippen molar-refractivity contribution in [3.63, 3.8) is 0 Å². The molecule has 0 aromatic heterocycles. The lowest BCUT2D eigenvalue weighted by molar-refractivity contribution is 0.0502. The van der Waals surface area contributed by atoms with E-state index in [4.69, 9.17) is 4.74 Å². The first-order valence-electron chi connectivity index (χ1n) is 6.98. The summed E-state index contributed by atoms with van der Waals surface area (Å²) < 4.78 is 5.24. The molecule has 0 bridgehead atoms. The van der Waals surface area contributed by atoms with Crippen molar-refractivity contribution in [1.29, 1.82) is 0 Å².